The number of sulfonamides is 1. The molecule has 0 heterocycles. The lowest BCUT2D eigenvalue weighted by atomic mass is 10.1. The van der Waals surface area contributed by atoms with E-state index in [9.17, 15) is 8.42 Å². The van der Waals surface area contributed by atoms with Gasteiger partial charge in [-0.15, -0.1) is 24.0 Å². The highest BCUT2D eigenvalue weighted by Gasteiger charge is 2.08. The van der Waals surface area contributed by atoms with Crippen LogP contribution in [0.5, 0.6) is 0 Å². The van der Waals surface area contributed by atoms with Gasteiger partial charge in [-0.2, -0.15) is 0 Å². The summed E-state index contributed by atoms with van der Waals surface area (Å²) in [4.78, 5) is 4.72. The molecule has 27 heavy (non-hydrogen) atoms. The van der Waals surface area contributed by atoms with E-state index < -0.39 is 10.0 Å². The molecule has 0 aliphatic carbocycles. The molecule has 0 radical (unpaired) electrons. The van der Waals surface area contributed by atoms with Crippen LogP contribution in [0.4, 0.5) is 0 Å². The Balaban J connectivity index is 0.00000364. The van der Waals surface area contributed by atoms with Crippen molar-refractivity contribution < 1.29 is 8.42 Å². The Bertz CT molecular complexity index is 825. The maximum Gasteiger partial charge on any atom is 0.238 e. The fourth-order valence-electron chi connectivity index (χ4n) is 2.49. The molecule has 2 aromatic rings. The second-order valence-electron chi connectivity index (χ2n) is 5.98. The number of aliphatic imine (C=N–C) groups is 1. The third kappa shape index (κ3) is 7.86. The van der Waals surface area contributed by atoms with Crippen LogP contribution in [0.2, 0.25) is 0 Å². The van der Waals surface area contributed by atoms with Crippen molar-refractivity contribution in [3.63, 3.8) is 0 Å². The molecule has 0 fully saturated rings. The maximum atomic E-state index is 11.3. The van der Waals surface area contributed by atoms with Gasteiger partial charge in [0.2, 0.25) is 10.0 Å². The minimum Gasteiger partial charge on any atom is -0.357 e. The standard InChI is InChI=1S/C19H26N4O2S.HI/c1-3-21-19(23-15(2)17-7-5-4-6-8-17)22-14-13-16-9-11-18(12-10-16)26(20,24)25;/h4-12,15H,3,13-14H2,1-2H3,(H2,20,24,25)(H2,21,22,23);1H. The van der Waals surface area contributed by atoms with Gasteiger partial charge in [0.25, 0.3) is 0 Å². The highest BCUT2D eigenvalue weighted by atomic mass is 127. The first-order valence-corrected chi connectivity index (χ1v) is 10.2. The molecule has 148 valence electrons. The summed E-state index contributed by atoms with van der Waals surface area (Å²) in [6, 6.07) is 16.9. The molecule has 0 aliphatic rings. The molecule has 0 spiro atoms. The quantitative estimate of drug-likeness (QED) is 0.308. The van der Waals surface area contributed by atoms with Crippen molar-refractivity contribution in [2.24, 2.45) is 10.1 Å². The van der Waals surface area contributed by atoms with E-state index in [0.29, 0.717) is 13.0 Å². The first kappa shape index (κ1) is 23.4. The Labute approximate surface area is 178 Å². The predicted octanol–water partition coefficient (Wildman–Crippen LogP) is 2.81. The van der Waals surface area contributed by atoms with E-state index in [0.717, 1.165) is 18.1 Å². The average Bonchev–Trinajstić information content (AvgIpc) is 2.62. The largest absolute Gasteiger partial charge is 0.357 e. The summed E-state index contributed by atoms with van der Waals surface area (Å²) in [6.45, 7) is 5.48. The van der Waals surface area contributed by atoms with E-state index >= 15 is 0 Å². The molecule has 1 unspecified atom stereocenters. The topological polar surface area (TPSA) is 96.6 Å². The summed E-state index contributed by atoms with van der Waals surface area (Å²) in [5.74, 6) is 0.755. The molecule has 0 aliphatic heterocycles. The van der Waals surface area contributed by atoms with Crippen LogP contribution in [0.25, 0.3) is 0 Å². The van der Waals surface area contributed by atoms with Crippen molar-refractivity contribution in [3.05, 3.63) is 65.7 Å². The molecule has 4 N–H and O–H groups in total. The van der Waals surface area contributed by atoms with Crippen molar-refractivity contribution in [2.75, 3.05) is 13.1 Å². The number of primary sulfonamides is 1. The Morgan fingerprint density at radius 1 is 1.11 bits per heavy atom. The molecular weight excluding hydrogens is 475 g/mol. The summed E-state index contributed by atoms with van der Waals surface area (Å²) >= 11 is 0. The smallest absolute Gasteiger partial charge is 0.238 e. The fourth-order valence-corrected chi connectivity index (χ4v) is 3.01. The number of hydrogen-bond donors (Lipinski definition) is 3. The van der Waals surface area contributed by atoms with Gasteiger partial charge < -0.3 is 10.6 Å². The Hall–Kier alpha value is -1.65. The van der Waals surface area contributed by atoms with Crippen LogP contribution < -0.4 is 15.8 Å². The van der Waals surface area contributed by atoms with E-state index in [-0.39, 0.29) is 34.9 Å². The minimum atomic E-state index is -3.65. The van der Waals surface area contributed by atoms with Crippen LogP contribution in [0.3, 0.4) is 0 Å². The van der Waals surface area contributed by atoms with Gasteiger partial charge in [-0.05, 0) is 43.5 Å². The SMILES string of the molecule is CCNC(=NCCc1ccc(S(N)(=O)=O)cc1)NC(C)c1ccccc1.I. The molecule has 0 amide bonds. The molecule has 6 nitrogen and oxygen atoms in total. The summed E-state index contributed by atoms with van der Waals surface area (Å²) in [6.07, 6.45) is 0.710. The van der Waals surface area contributed by atoms with Gasteiger partial charge >= 0.3 is 0 Å². The Morgan fingerprint density at radius 2 is 1.74 bits per heavy atom. The van der Waals surface area contributed by atoms with Crippen molar-refractivity contribution in [1.82, 2.24) is 10.6 Å². The molecule has 2 aromatic carbocycles. The van der Waals surface area contributed by atoms with Crippen LogP contribution in [-0.2, 0) is 16.4 Å². The number of nitrogens with zero attached hydrogens (tertiary/aromatic N) is 1. The zero-order valence-corrected chi connectivity index (χ0v) is 18.7. The second-order valence-corrected chi connectivity index (χ2v) is 7.54. The van der Waals surface area contributed by atoms with E-state index in [4.69, 9.17) is 5.14 Å². The number of hydrogen-bond acceptors (Lipinski definition) is 3. The number of benzene rings is 2. The highest BCUT2D eigenvalue weighted by molar-refractivity contribution is 14.0. The minimum absolute atomic E-state index is 0. The summed E-state index contributed by atoms with van der Waals surface area (Å²) in [7, 11) is -3.65. The summed E-state index contributed by atoms with van der Waals surface area (Å²) < 4.78 is 22.6. The van der Waals surface area contributed by atoms with E-state index in [2.05, 4.69) is 34.7 Å². The van der Waals surface area contributed by atoms with Crippen LogP contribution >= 0.6 is 24.0 Å². The third-order valence-electron chi connectivity index (χ3n) is 3.92. The van der Waals surface area contributed by atoms with Crippen molar-refractivity contribution >= 4 is 40.0 Å². The third-order valence-corrected chi connectivity index (χ3v) is 4.85. The second kappa shape index (κ2) is 11.3. The van der Waals surface area contributed by atoms with Gasteiger partial charge in [0.1, 0.15) is 0 Å². The molecule has 2 rings (SSSR count). The zero-order chi connectivity index (χ0) is 19.0. The molecular formula is C19H27IN4O2S. The fraction of sp³-hybridized carbons (Fsp3) is 0.316. The van der Waals surface area contributed by atoms with Crippen molar-refractivity contribution in [2.45, 2.75) is 31.2 Å². The average molecular weight is 502 g/mol. The molecule has 8 heteroatoms. The lowest BCUT2D eigenvalue weighted by molar-refractivity contribution is 0.598. The van der Waals surface area contributed by atoms with Gasteiger partial charge in [0.05, 0.1) is 10.9 Å². The van der Waals surface area contributed by atoms with Gasteiger partial charge in [-0.25, -0.2) is 13.6 Å². The van der Waals surface area contributed by atoms with Gasteiger partial charge in [-0.3, -0.25) is 4.99 Å². The Kier molecular flexibility index (Phi) is 9.75. The lowest BCUT2D eigenvalue weighted by Crippen LogP contribution is -2.38. The summed E-state index contributed by atoms with van der Waals surface area (Å²) in [5.41, 5.74) is 2.20. The number of guanidine groups is 1. The monoisotopic (exact) mass is 502 g/mol. The molecule has 0 saturated carbocycles. The van der Waals surface area contributed by atoms with Crippen LogP contribution in [0.15, 0.2) is 64.5 Å². The molecule has 0 aromatic heterocycles. The first-order valence-electron chi connectivity index (χ1n) is 8.61. The number of nitrogens with two attached hydrogens (primary N) is 1. The molecule has 0 bridgehead atoms. The number of rotatable bonds is 7. The maximum absolute atomic E-state index is 11.3. The lowest BCUT2D eigenvalue weighted by Gasteiger charge is -2.18. The number of halogens is 1. The van der Waals surface area contributed by atoms with Gasteiger partial charge in [-0.1, -0.05) is 42.5 Å². The van der Waals surface area contributed by atoms with Gasteiger partial charge in [0, 0.05) is 13.1 Å². The van der Waals surface area contributed by atoms with Crippen LogP contribution in [-0.4, -0.2) is 27.5 Å². The van der Waals surface area contributed by atoms with E-state index in [1.165, 1.54) is 17.7 Å². The molecule has 1 atom stereocenters. The van der Waals surface area contributed by atoms with Gasteiger partial charge in [0.15, 0.2) is 5.96 Å². The first-order chi connectivity index (χ1) is 12.4. The normalized spacial score (nSPS) is 12.8. The van der Waals surface area contributed by atoms with Crippen molar-refractivity contribution in [1.29, 1.82) is 0 Å². The summed E-state index contributed by atoms with van der Waals surface area (Å²) in [5, 5.41) is 11.7. The van der Waals surface area contributed by atoms with Crippen LogP contribution in [0, 0.1) is 0 Å². The van der Waals surface area contributed by atoms with Crippen molar-refractivity contribution in [3.8, 4) is 0 Å². The number of nitrogens with one attached hydrogen (secondary N) is 2. The molecule has 0 saturated heterocycles. The van der Waals surface area contributed by atoms with E-state index in [1.807, 2.05) is 25.1 Å². The van der Waals surface area contributed by atoms with E-state index in [1.54, 1.807) is 12.1 Å². The Morgan fingerprint density at radius 3 is 2.30 bits per heavy atom. The predicted molar refractivity (Wildman–Crippen MR) is 121 cm³/mol. The van der Waals surface area contributed by atoms with Crippen LogP contribution in [0.1, 0.15) is 31.0 Å². The zero-order valence-electron chi connectivity index (χ0n) is 15.6. The highest BCUT2D eigenvalue weighted by Crippen LogP contribution is 2.11.